The Labute approximate surface area is 174 Å². The second-order valence-electron chi connectivity index (χ2n) is 6.53. The Kier molecular flexibility index (Phi) is 7.31. The number of carbonyl (C=O) groups excluding carboxylic acids is 2. The van der Waals surface area contributed by atoms with E-state index in [-0.39, 0.29) is 25.7 Å². The van der Waals surface area contributed by atoms with E-state index in [1.165, 1.54) is 11.1 Å². The van der Waals surface area contributed by atoms with Crippen molar-refractivity contribution in [3.63, 3.8) is 0 Å². The normalized spacial score (nSPS) is 14.0. The van der Waals surface area contributed by atoms with E-state index in [1.807, 2.05) is 0 Å². The van der Waals surface area contributed by atoms with E-state index in [1.54, 1.807) is 43.3 Å². The lowest BCUT2D eigenvalue weighted by molar-refractivity contribution is -0.143. The van der Waals surface area contributed by atoms with Gasteiger partial charge in [0.1, 0.15) is 24.7 Å². The molecule has 160 valence electrons. The molecule has 0 bridgehead atoms. The van der Waals surface area contributed by atoms with Crippen LogP contribution < -0.4 is 15.0 Å². The van der Waals surface area contributed by atoms with Crippen LogP contribution in [0.4, 0.5) is 0 Å². The second-order valence-corrected chi connectivity index (χ2v) is 6.53. The Balaban J connectivity index is 1.56. The molecule has 1 aromatic carbocycles. The van der Waals surface area contributed by atoms with Crippen LogP contribution in [0, 0.1) is 0 Å². The molecule has 0 spiro atoms. The maximum Gasteiger partial charge on any atom is 0.325 e. The van der Waals surface area contributed by atoms with E-state index in [0.717, 1.165) is 4.73 Å². The molecule has 9 nitrogen and oxygen atoms in total. The van der Waals surface area contributed by atoms with Gasteiger partial charge in [-0.15, -0.1) is 0 Å². The Morgan fingerprint density at radius 1 is 1.30 bits per heavy atom. The van der Waals surface area contributed by atoms with Crippen molar-refractivity contribution in [2.45, 2.75) is 13.3 Å². The Hall–Kier alpha value is -3.49. The monoisotopic (exact) mass is 415 g/mol. The highest BCUT2D eigenvalue weighted by Gasteiger charge is 2.26. The third-order valence-corrected chi connectivity index (χ3v) is 4.38. The molecule has 30 heavy (non-hydrogen) atoms. The SMILES string of the molecule is CCOC(=O)CN1CCOc2cc(OCCCN=c3ccccn3O)ccc2C1=O. The molecule has 0 unspecified atom stereocenters. The second kappa shape index (κ2) is 10.3. The highest BCUT2D eigenvalue weighted by Crippen LogP contribution is 2.28. The van der Waals surface area contributed by atoms with Crippen molar-refractivity contribution in [3.8, 4) is 11.5 Å². The molecule has 1 amide bonds. The molecular weight excluding hydrogens is 390 g/mol. The van der Waals surface area contributed by atoms with Gasteiger partial charge in [-0.3, -0.25) is 14.6 Å². The van der Waals surface area contributed by atoms with Gasteiger partial charge >= 0.3 is 5.97 Å². The zero-order chi connectivity index (χ0) is 21.3. The highest BCUT2D eigenvalue weighted by atomic mass is 16.5. The number of benzene rings is 1. The van der Waals surface area contributed by atoms with Crippen LogP contribution in [0.2, 0.25) is 0 Å². The topological polar surface area (TPSA) is 103 Å². The first-order valence-electron chi connectivity index (χ1n) is 9.80. The Morgan fingerprint density at radius 2 is 2.17 bits per heavy atom. The fourth-order valence-electron chi connectivity index (χ4n) is 2.94. The standard InChI is InChI=1S/C21H25N3O6/c1-2-28-20(25)15-23-11-13-30-18-14-16(7-8-17(18)21(23)26)29-12-5-9-22-19-6-3-4-10-24(19)27/h3-4,6-8,10,14,27H,2,5,9,11-13,15H2,1H3. The van der Waals surface area contributed by atoms with Gasteiger partial charge in [-0.25, -0.2) is 0 Å². The van der Waals surface area contributed by atoms with Crippen molar-refractivity contribution in [1.82, 2.24) is 9.63 Å². The van der Waals surface area contributed by atoms with Crippen LogP contribution in [-0.2, 0) is 9.53 Å². The van der Waals surface area contributed by atoms with E-state index in [4.69, 9.17) is 14.2 Å². The largest absolute Gasteiger partial charge is 0.493 e. The van der Waals surface area contributed by atoms with Crippen LogP contribution >= 0.6 is 0 Å². The van der Waals surface area contributed by atoms with Gasteiger partial charge in [-0.05, 0) is 31.2 Å². The average molecular weight is 415 g/mol. The van der Waals surface area contributed by atoms with Crippen molar-refractivity contribution in [3.05, 3.63) is 53.6 Å². The number of carbonyl (C=O) groups is 2. The maximum atomic E-state index is 12.7. The quantitative estimate of drug-likeness (QED) is 0.398. The molecule has 0 aliphatic carbocycles. The lowest BCUT2D eigenvalue weighted by Gasteiger charge is -2.18. The van der Waals surface area contributed by atoms with E-state index in [9.17, 15) is 14.8 Å². The minimum atomic E-state index is -0.443. The lowest BCUT2D eigenvalue weighted by Crippen LogP contribution is -2.37. The van der Waals surface area contributed by atoms with Gasteiger partial charge in [0, 0.05) is 25.2 Å². The summed E-state index contributed by atoms with van der Waals surface area (Å²) in [7, 11) is 0. The van der Waals surface area contributed by atoms with Crippen LogP contribution in [0.1, 0.15) is 23.7 Å². The van der Waals surface area contributed by atoms with Crippen molar-refractivity contribution >= 4 is 11.9 Å². The average Bonchev–Trinajstić information content (AvgIpc) is 2.88. The highest BCUT2D eigenvalue weighted by molar-refractivity contribution is 5.98. The summed E-state index contributed by atoms with van der Waals surface area (Å²) in [5, 5.41) is 9.62. The predicted octanol–water partition coefficient (Wildman–Crippen LogP) is 1.49. The summed E-state index contributed by atoms with van der Waals surface area (Å²) in [5.41, 5.74) is 0.859. The van der Waals surface area contributed by atoms with E-state index in [2.05, 4.69) is 4.99 Å². The number of nitrogens with zero attached hydrogens (tertiary/aromatic N) is 3. The van der Waals surface area contributed by atoms with Gasteiger partial charge in [-0.2, -0.15) is 4.73 Å². The smallest absolute Gasteiger partial charge is 0.325 e. The first-order valence-corrected chi connectivity index (χ1v) is 9.80. The molecule has 9 heteroatoms. The van der Waals surface area contributed by atoms with Crippen molar-refractivity contribution in [2.75, 3.05) is 39.5 Å². The first-order chi connectivity index (χ1) is 14.6. The molecule has 0 atom stereocenters. The molecule has 0 fully saturated rings. The molecule has 1 N–H and O–H groups in total. The first kappa shape index (κ1) is 21.2. The van der Waals surface area contributed by atoms with Crippen molar-refractivity contribution in [1.29, 1.82) is 0 Å². The summed E-state index contributed by atoms with van der Waals surface area (Å²) in [6.07, 6.45) is 2.17. The van der Waals surface area contributed by atoms with Gasteiger partial charge in [0.05, 0.1) is 25.3 Å². The predicted molar refractivity (Wildman–Crippen MR) is 107 cm³/mol. The number of pyridine rings is 1. The fraction of sp³-hybridized carbons (Fsp3) is 0.381. The molecule has 0 saturated heterocycles. The molecule has 1 aromatic heterocycles. The van der Waals surface area contributed by atoms with Crippen LogP contribution in [-0.4, -0.2) is 66.2 Å². The summed E-state index contributed by atoms with van der Waals surface area (Å²) in [6, 6.07) is 10.2. The van der Waals surface area contributed by atoms with Gasteiger partial charge in [0.15, 0.2) is 5.49 Å². The van der Waals surface area contributed by atoms with Gasteiger partial charge < -0.3 is 24.3 Å². The molecule has 2 aromatic rings. The van der Waals surface area contributed by atoms with E-state index in [0.29, 0.717) is 48.7 Å². The number of aromatic nitrogens is 1. The molecule has 3 rings (SSSR count). The minimum Gasteiger partial charge on any atom is -0.493 e. The van der Waals surface area contributed by atoms with Gasteiger partial charge in [0.2, 0.25) is 0 Å². The number of fused-ring (bicyclic) bond motifs is 1. The van der Waals surface area contributed by atoms with Crippen LogP contribution in [0.3, 0.4) is 0 Å². The van der Waals surface area contributed by atoms with Crippen LogP contribution in [0.25, 0.3) is 0 Å². The summed E-state index contributed by atoms with van der Waals surface area (Å²) in [4.78, 5) is 30.1. The number of amides is 1. The summed E-state index contributed by atoms with van der Waals surface area (Å²) >= 11 is 0. The molecular formula is C21H25N3O6. The van der Waals surface area contributed by atoms with Crippen molar-refractivity contribution in [2.24, 2.45) is 4.99 Å². The third kappa shape index (κ3) is 5.53. The molecule has 0 saturated carbocycles. The molecule has 2 heterocycles. The van der Waals surface area contributed by atoms with Gasteiger partial charge in [0.25, 0.3) is 5.91 Å². The lowest BCUT2D eigenvalue weighted by atomic mass is 10.1. The van der Waals surface area contributed by atoms with Gasteiger partial charge in [-0.1, -0.05) is 6.07 Å². The van der Waals surface area contributed by atoms with E-state index >= 15 is 0 Å². The molecule has 1 aliphatic heterocycles. The maximum absolute atomic E-state index is 12.7. The number of hydrogen-bond acceptors (Lipinski definition) is 7. The summed E-state index contributed by atoms with van der Waals surface area (Å²) < 4.78 is 17.3. The van der Waals surface area contributed by atoms with Crippen LogP contribution in [0.5, 0.6) is 11.5 Å². The summed E-state index contributed by atoms with van der Waals surface area (Å²) in [6.45, 7) is 3.38. The number of ether oxygens (including phenoxy) is 3. The van der Waals surface area contributed by atoms with Crippen LogP contribution in [0.15, 0.2) is 47.6 Å². The fourth-order valence-corrected chi connectivity index (χ4v) is 2.94. The van der Waals surface area contributed by atoms with Crippen molar-refractivity contribution < 1.29 is 29.0 Å². The Bertz CT molecular complexity index is 956. The minimum absolute atomic E-state index is 0.105. The zero-order valence-electron chi connectivity index (χ0n) is 16.8. The van der Waals surface area contributed by atoms with E-state index < -0.39 is 5.97 Å². The number of rotatable bonds is 8. The molecule has 1 aliphatic rings. The Morgan fingerprint density at radius 3 is 2.97 bits per heavy atom. The third-order valence-electron chi connectivity index (χ3n) is 4.38. The summed E-state index contributed by atoms with van der Waals surface area (Å²) in [5.74, 6) is 0.291. The number of hydrogen-bond donors (Lipinski definition) is 1. The molecule has 0 radical (unpaired) electrons. The number of esters is 1. The zero-order valence-corrected chi connectivity index (χ0v) is 16.8.